The fraction of sp³-hybridized carbons (Fsp3) is 0. The van der Waals surface area contributed by atoms with Crippen LogP contribution in [0.4, 0.5) is 0 Å². The Morgan fingerprint density at radius 1 is 1.20 bits per heavy atom. The fourth-order valence-corrected chi connectivity index (χ4v) is 1.31. The van der Waals surface area contributed by atoms with Crippen molar-refractivity contribution >= 4 is 22.8 Å². The molecule has 2 rings (SSSR count). The van der Waals surface area contributed by atoms with Crippen LogP contribution in [0, 0.1) is 0 Å². The minimum absolute atomic E-state index is 0.0337. The van der Waals surface area contributed by atoms with Crippen LogP contribution in [0.3, 0.4) is 0 Å². The van der Waals surface area contributed by atoms with Gasteiger partial charge >= 0.3 is 11.9 Å². The van der Waals surface area contributed by atoms with E-state index >= 15 is 0 Å². The Labute approximate surface area is 83.2 Å². The molecule has 0 aliphatic carbocycles. The summed E-state index contributed by atoms with van der Waals surface area (Å²) in [5.41, 5.74) is 0.358. The zero-order valence-electron chi connectivity index (χ0n) is 7.39. The molecule has 0 saturated carbocycles. The second-order valence-electron chi connectivity index (χ2n) is 2.94. The Hall–Kier alpha value is -2.37. The third-order valence-corrected chi connectivity index (χ3v) is 2.01. The number of fused-ring (bicyclic) bond motifs is 1. The summed E-state index contributed by atoms with van der Waals surface area (Å²) in [5.74, 6) is -2.29. The third-order valence-electron chi connectivity index (χ3n) is 2.01. The molecule has 2 aromatic rings. The topological polar surface area (TPSA) is 103 Å². The van der Waals surface area contributed by atoms with Crippen molar-refractivity contribution in [2.75, 3.05) is 0 Å². The first-order chi connectivity index (χ1) is 7.09. The normalized spacial score (nSPS) is 10.4. The molecular weight excluding hydrogens is 200 g/mol. The van der Waals surface area contributed by atoms with E-state index in [4.69, 9.17) is 10.2 Å². The maximum absolute atomic E-state index is 10.7. The van der Waals surface area contributed by atoms with Crippen LogP contribution >= 0.6 is 0 Å². The quantitative estimate of drug-likeness (QED) is 0.678. The van der Waals surface area contributed by atoms with Crippen LogP contribution in [-0.2, 0) is 0 Å². The Balaban J connectivity index is 2.72. The molecular formula is C9H6N2O4. The van der Waals surface area contributed by atoms with Gasteiger partial charge in [0.1, 0.15) is 0 Å². The first-order valence-electron chi connectivity index (χ1n) is 4.04. The molecule has 15 heavy (non-hydrogen) atoms. The van der Waals surface area contributed by atoms with E-state index in [1.807, 2.05) is 0 Å². The van der Waals surface area contributed by atoms with E-state index in [1.165, 1.54) is 18.2 Å². The highest BCUT2D eigenvalue weighted by Gasteiger charge is 2.14. The molecule has 0 atom stereocenters. The summed E-state index contributed by atoms with van der Waals surface area (Å²) in [6.45, 7) is 0. The smallest absolute Gasteiger partial charge is 0.357 e. The average molecular weight is 206 g/mol. The fourth-order valence-electron chi connectivity index (χ4n) is 1.31. The van der Waals surface area contributed by atoms with Crippen molar-refractivity contribution in [2.45, 2.75) is 0 Å². The van der Waals surface area contributed by atoms with E-state index in [9.17, 15) is 9.59 Å². The highest BCUT2D eigenvalue weighted by molar-refractivity contribution is 6.03. The number of benzene rings is 1. The van der Waals surface area contributed by atoms with E-state index < -0.39 is 11.9 Å². The summed E-state index contributed by atoms with van der Waals surface area (Å²) < 4.78 is 0. The van der Waals surface area contributed by atoms with Crippen LogP contribution in [0.15, 0.2) is 18.2 Å². The molecule has 6 nitrogen and oxygen atoms in total. The van der Waals surface area contributed by atoms with Gasteiger partial charge in [-0.3, -0.25) is 5.10 Å². The van der Waals surface area contributed by atoms with Gasteiger partial charge in [0.25, 0.3) is 0 Å². The monoisotopic (exact) mass is 206 g/mol. The molecule has 1 aromatic carbocycles. The number of hydrogen-bond acceptors (Lipinski definition) is 3. The Kier molecular flexibility index (Phi) is 1.89. The van der Waals surface area contributed by atoms with Gasteiger partial charge in [0.15, 0.2) is 5.69 Å². The van der Waals surface area contributed by atoms with Gasteiger partial charge in [-0.15, -0.1) is 0 Å². The number of carbonyl (C=O) groups is 2. The number of carboxylic acid groups (broad SMARTS) is 2. The molecule has 0 fully saturated rings. The summed E-state index contributed by atoms with van der Waals surface area (Å²) >= 11 is 0. The molecule has 6 heteroatoms. The third kappa shape index (κ3) is 1.41. The number of aromatic carboxylic acids is 2. The highest BCUT2D eigenvalue weighted by atomic mass is 16.4. The molecule has 0 unspecified atom stereocenters. The van der Waals surface area contributed by atoms with Gasteiger partial charge in [0.05, 0.1) is 11.1 Å². The van der Waals surface area contributed by atoms with E-state index in [0.29, 0.717) is 10.9 Å². The molecule has 1 heterocycles. The maximum atomic E-state index is 10.7. The first kappa shape index (κ1) is 9.20. The number of aromatic amines is 1. The lowest BCUT2D eigenvalue weighted by atomic mass is 10.1. The molecule has 0 amide bonds. The Morgan fingerprint density at radius 3 is 2.53 bits per heavy atom. The van der Waals surface area contributed by atoms with Gasteiger partial charge in [-0.1, -0.05) is 0 Å². The molecule has 0 aliphatic heterocycles. The maximum Gasteiger partial charge on any atom is 0.357 e. The van der Waals surface area contributed by atoms with Crippen molar-refractivity contribution < 1.29 is 19.8 Å². The van der Waals surface area contributed by atoms with Crippen LogP contribution in [0.1, 0.15) is 20.8 Å². The molecule has 0 spiro atoms. The molecule has 3 N–H and O–H groups in total. The summed E-state index contributed by atoms with van der Waals surface area (Å²) in [7, 11) is 0. The van der Waals surface area contributed by atoms with Crippen LogP contribution in [0.2, 0.25) is 0 Å². The lowest BCUT2D eigenvalue weighted by Crippen LogP contribution is -1.99. The molecule has 1 aromatic heterocycles. The van der Waals surface area contributed by atoms with E-state index in [2.05, 4.69) is 10.2 Å². The highest BCUT2D eigenvalue weighted by Crippen LogP contribution is 2.17. The Morgan fingerprint density at radius 2 is 1.93 bits per heavy atom. The van der Waals surface area contributed by atoms with Crippen LogP contribution in [0.5, 0.6) is 0 Å². The summed E-state index contributed by atoms with van der Waals surface area (Å²) in [6.07, 6.45) is 0. The summed E-state index contributed by atoms with van der Waals surface area (Å²) in [5, 5.41) is 23.9. The largest absolute Gasteiger partial charge is 0.478 e. The number of nitrogens with one attached hydrogen (secondary N) is 1. The lowest BCUT2D eigenvalue weighted by molar-refractivity contribution is 0.0682. The lowest BCUT2D eigenvalue weighted by Gasteiger charge is -1.94. The van der Waals surface area contributed by atoms with Crippen molar-refractivity contribution in [3.05, 3.63) is 29.5 Å². The van der Waals surface area contributed by atoms with E-state index in [-0.39, 0.29) is 11.3 Å². The number of nitrogens with zero attached hydrogens (tertiary/aromatic N) is 1. The van der Waals surface area contributed by atoms with Gasteiger partial charge in [-0.25, -0.2) is 9.59 Å². The van der Waals surface area contributed by atoms with E-state index in [1.54, 1.807) is 0 Å². The average Bonchev–Trinajstić information content (AvgIpc) is 2.59. The van der Waals surface area contributed by atoms with Gasteiger partial charge in [-0.05, 0) is 18.2 Å². The summed E-state index contributed by atoms with van der Waals surface area (Å²) in [6, 6.07) is 4.15. The van der Waals surface area contributed by atoms with Crippen molar-refractivity contribution in [2.24, 2.45) is 0 Å². The SMILES string of the molecule is O=C(O)c1ccc2[nH]nc(C(=O)O)c2c1. The molecule has 0 radical (unpaired) electrons. The van der Waals surface area contributed by atoms with Gasteiger partial charge in [0.2, 0.25) is 0 Å². The van der Waals surface area contributed by atoms with Gasteiger partial charge < -0.3 is 10.2 Å². The van der Waals surface area contributed by atoms with Crippen molar-refractivity contribution in [3.63, 3.8) is 0 Å². The second kappa shape index (κ2) is 3.09. The molecule has 0 bridgehead atoms. The van der Waals surface area contributed by atoms with Gasteiger partial charge in [0, 0.05) is 5.39 Å². The van der Waals surface area contributed by atoms with Crippen LogP contribution in [-0.4, -0.2) is 32.3 Å². The molecule has 76 valence electrons. The molecule has 0 saturated heterocycles. The number of aromatic nitrogens is 2. The standard InChI is InChI=1S/C9H6N2O4/c12-8(13)4-1-2-6-5(3-4)7(9(14)15)11-10-6/h1-3H,(H,10,11)(H,12,13)(H,14,15). The number of carboxylic acids is 2. The van der Waals surface area contributed by atoms with Crippen LogP contribution in [0.25, 0.3) is 10.9 Å². The minimum Gasteiger partial charge on any atom is -0.478 e. The predicted molar refractivity (Wildman–Crippen MR) is 50.0 cm³/mol. The number of H-pyrrole nitrogens is 1. The van der Waals surface area contributed by atoms with Crippen LogP contribution < -0.4 is 0 Å². The van der Waals surface area contributed by atoms with E-state index in [0.717, 1.165) is 0 Å². The Bertz CT molecular complexity index is 558. The predicted octanol–water partition coefficient (Wildman–Crippen LogP) is 0.959. The molecule has 0 aliphatic rings. The number of hydrogen-bond donors (Lipinski definition) is 3. The summed E-state index contributed by atoms with van der Waals surface area (Å²) in [4.78, 5) is 21.4. The zero-order valence-corrected chi connectivity index (χ0v) is 7.39. The number of rotatable bonds is 2. The first-order valence-corrected chi connectivity index (χ1v) is 4.04. The van der Waals surface area contributed by atoms with Crippen molar-refractivity contribution in [3.8, 4) is 0 Å². The van der Waals surface area contributed by atoms with Crippen molar-refractivity contribution in [1.82, 2.24) is 10.2 Å². The second-order valence-corrected chi connectivity index (χ2v) is 2.94. The van der Waals surface area contributed by atoms with Crippen molar-refractivity contribution in [1.29, 1.82) is 0 Å². The zero-order chi connectivity index (χ0) is 11.0. The minimum atomic E-state index is -1.19. The van der Waals surface area contributed by atoms with Gasteiger partial charge in [-0.2, -0.15) is 5.10 Å².